The zero-order chi connectivity index (χ0) is 17.1. The Morgan fingerprint density at radius 2 is 1.95 bits per heavy atom. The molecule has 0 aromatic heterocycles. The highest BCUT2D eigenvalue weighted by atomic mass is 16.6. The third-order valence-corrected chi connectivity index (χ3v) is 2.38. The molecule has 1 atom stereocenters. The molecule has 122 valence electrons. The number of rotatable bonds is 6. The van der Waals surface area contributed by atoms with Crippen LogP contribution in [0.3, 0.4) is 0 Å². The zero-order valence-corrected chi connectivity index (χ0v) is 12.2. The topological polar surface area (TPSA) is 139 Å². The molecule has 22 heavy (non-hydrogen) atoms. The Balaban J connectivity index is 0.000000626. The third kappa shape index (κ3) is 8.61. The number of nitrogens with one attached hydrogen (secondary N) is 1. The summed E-state index contributed by atoms with van der Waals surface area (Å²) >= 11 is 0. The Hall–Kier alpha value is -2.52. The number of aliphatic carboxylic acids is 2. The molecule has 9 heteroatoms. The summed E-state index contributed by atoms with van der Waals surface area (Å²) in [5.74, 6) is -3.65. The van der Waals surface area contributed by atoms with E-state index in [1.807, 2.05) is 13.0 Å². The van der Waals surface area contributed by atoms with Crippen LogP contribution in [0.2, 0.25) is 0 Å². The molecular weight excluding hydrogens is 296 g/mol. The number of carbonyl (C=O) groups is 2. The summed E-state index contributed by atoms with van der Waals surface area (Å²) in [6.07, 6.45) is 0. The number of nitro benzene ring substituents is 1. The van der Waals surface area contributed by atoms with E-state index in [0.29, 0.717) is 13.2 Å². The van der Waals surface area contributed by atoms with Gasteiger partial charge in [0.15, 0.2) is 0 Å². The van der Waals surface area contributed by atoms with Gasteiger partial charge in [0, 0.05) is 31.8 Å². The first-order valence-electron chi connectivity index (χ1n) is 6.19. The van der Waals surface area contributed by atoms with Gasteiger partial charge in [0.1, 0.15) is 0 Å². The second-order valence-corrected chi connectivity index (χ2v) is 4.27. The van der Waals surface area contributed by atoms with Gasteiger partial charge in [-0.05, 0) is 12.5 Å². The van der Waals surface area contributed by atoms with Crippen LogP contribution < -0.4 is 5.32 Å². The molecule has 1 unspecified atom stereocenters. The molecular formula is C13H18N2O7. The third-order valence-electron chi connectivity index (χ3n) is 2.38. The molecule has 0 aliphatic rings. The van der Waals surface area contributed by atoms with Crippen LogP contribution in [0, 0.1) is 10.1 Å². The molecule has 9 nitrogen and oxygen atoms in total. The molecule has 0 aliphatic heterocycles. The van der Waals surface area contributed by atoms with Gasteiger partial charge >= 0.3 is 11.9 Å². The number of methoxy groups -OCH3 is 1. The van der Waals surface area contributed by atoms with Crippen LogP contribution in [0.4, 0.5) is 5.69 Å². The monoisotopic (exact) mass is 314 g/mol. The summed E-state index contributed by atoms with van der Waals surface area (Å²) in [5.41, 5.74) is 1.02. The molecule has 3 N–H and O–H groups in total. The lowest BCUT2D eigenvalue weighted by Crippen LogP contribution is -2.29. The molecule has 0 saturated heterocycles. The Labute approximate surface area is 126 Å². The van der Waals surface area contributed by atoms with Crippen molar-refractivity contribution >= 4 is 17.6 Å². The number of carboxylic acid groups (broad SMARTS) is 2. The lowest BCUT2D eigenvalue weighted by Gasteiger charge is -2.12. The lowest BCUT2D eigenvalue weighted by atomic mass is 10.2. The molecule has 0 heterocycles. The van der Waals surface area contributed by atoms with Gasteiger partial charge in [0.25, 0.3) is 5.69 Å². The first-order chi connectivity index (χ1) is 10.3. The smallest absolute Gasteiger partial charge is 0.414 e. The average molecular weight is 314 g/mol. The highest BCUT2D eigenvalue weighted by molar-refractivity contribution is 6.27. The van der Waals surface area contributed by atoms with E-state index in [4.69, 9.17) is 24.5 Å². The maximum Gasteiger partial charge on any atom is 0.414 e. The normalized spacial score (nSPS) is 11.0. The van der Waals surface area contributed by atoms with E-state index < -0.39 is 11.9 Å². The van der Waals surface area contributed by atoms with Crippen LogP contribution >= 0.6 is 0 Å². The van der Waals surface area contributed by atoms with Crippen LogP contribution in [0.1, 0.15) is 12.5 Å². The van der Waals surface area contributed by atoms with Crippen molar-refractivity contribution in [2.24, 2.45) is 0 Å². The van der Waals surface area contributed by atoms with Gasteiger partial charge in [-0.15, -0.1) is 0 Å². The van der Waals surface area contributed by atoms with Crippen molar-refractivity contribution in [1.29, 1.82) is 0 Å². The van der Waals surface area contributed by atoms with Gasteiger partial charge in [-0.3, -0.25) is 10.1 Å². The predicted molar refractivity (Wildman–Crippen MR) is 76.5 cm³/mol. The number of nitro groups is 1. The number of hydrogen-bond donors (Lipinski definition) is 3. The van der Waals surface area contributed by atoms with Gasteiger partial charge in [-0.2, -0.15) is 0 Å². The SMILES string of the molecule is COCC(C)NCc1cccc([N+](=O)[O-])c1.O=C(O)C(=O)O. The van der Waals surface area contributed by atoms with Crippen LogP contribution in [0.15, 0.2) is 24.3 Å². The molecule has 0 saturated carbocycles. The molecule has 0 radical (unpaired) electrons. The highest BCUT2D eigenvalue weighted by Crippen LogP contribution is 2.12. The molecule has 0 bridgehead atoms. The van der Waals surface area contributed by atoms with Crippen molar-refractivity contribution in [3.8, 4) is 0 Å². The van der Waals surface area contributed by atoms with E-state index >= 15 is 0 Å². The molecule has 1 aromatic rings. The lowest BCUT2D eigenvalue weighted by molar-refractivity contribution is -0.384. The van der Waals surface area contributed by atoms with Gasteiger partial charge in [-0.1, -0.05) is 12.1 Å². The summed E-state index contributed by atoms with van der Waals surface area (Å²) in [7, 11) is 1.64. The minimum Gasteiger partial charge on any atom is -0.473 e. The fourth-order valence-corrected chi connectivity index (χ4v) is 1.38. The van der Waals surface area contributed by atoms with Crippen molar-refractivity contribution in [1.82, 2.24) is 5.32 Å². The Morgan fingerprint density at radius 1 is 1.36 bits per heavy atom. The van der Waals surface area contributed by atoms with E-state index in [-0.39, 0.29) is 16.7 Å². The number of ether oxygens (including phenoxy) is 1. The van der Waals surface area contributed by atoms with Crippen molar-refractivity contribution < 1.29 is 29.5 Å². The highest BCUT2D eigenvalue weighted by Gasteiger charge is 2.06. The molecule has 0 fully saturated rings. The van der Waals surface area contributed by atoms with Crippen molar-refractivity contribution in [3.63, 3.8) is 0 Å². The average Bonchev–Trinajstić information content (AvgIpc) is 2.46. The summed E-state index contributed by atoms with van der Waals surface area (Å²) in [5, 5.41) is 28.6. The van der Waals surface area contributed by atoms with Gasteiger partial charge < -0.3 is 20.3 Å². The minimum absolute atomic E-state index is 0.124. The largest absolute Gasteiger partial charge is 0.473 e. The zero-order valence-electron chi connectivity index (χ0n) is 12.2. The molecule has 0 aliphatic carbocycles. The second-order valence-electron chi connectivity index (χ2n) is 4.27. The Morgan fingerprint density at radius 3 is 2.41 bits per heavy atom. The van der Waals surface area contributed by atoms with E-state index in [1.54, 1.807) is 19.2 Å². The molecule has 1 rings (SSSR count). The van der Waals surface area contributed by atoms with Crippen LogP contribution in [-0.4, -0.2) is 46.8 Å². The summed E-state index contributed by atoms with van der Waals surface area (Å²) < 4.78 is 4.98. The first kappa shape index (κ1) is 19.5. The summed E-state index contributed by atoms with van der Waals surface area (Å²) in [6, 6.07) is 6.84. The summed E-state index contributed by atoms with van der Waals surface area (Å²) in [6.45, 7) is 3.22. The quantitative estimate of drug-likeness (QED) is 0.399. The van der Waals surface area contributed by atoms with Crippen molar-refractivity contribution in [2.45, 2.75) is 19.5 Å². The van der Waals surface area contributed by atoms with Crippen molar-refractivity contribution in [2.75, 3.05) is 13.7 Å². The van der Waals surface area contributed by atoms with E-state index in [2.05, 4.69) is 5.32 Å². The van der Waals surface area contributed by atoms with Gasteiger partial charge in [-0.25, -0.2) is 9.59 Å². The van der Waals surface area contributed by atoms with Crippen LogP contribution in [0.25, 0.3) is 0 Å². The Bertz CT molecular complexity index is 507. The van der Waals surface area contributed by atoms with E-state index in [1.165, 1.54) is 6.07 Å². The minimum atomic E-state index is -1.82. The fourth-order valence-electron chi connectivity index (χ4n) is 1.38. The number of non-ortho nitro benzene ring substituents is 1. The van der Waals surface area contributed by atoms with Crippen LogP contribution in [-0.2, 0) is 20.9 Å². The van der Waals surface area contributed by atoms with Crippen LogP contribution in [0.5, 0.6) is 0 Å². The second kappa shape index (κ2) is 10.2. The maximum atomic E-state index is 10.6. The molecule has 0 amide bonds. The molecule has 0 spiro atoms. The number of carboxylic acids is 2. The van der Waals surface area contributed by atoms with Gasteiger partial charge in [0.05, 0.1) is 11.5 Å². The van der Waals surface area contributed by atoms with E-state index in [9.17, 15) is 10.1 Å². The fraction of sp³-hybridized carbons (Fsp3) is 0.385. The standard InChI is InChI=1S/C11H16N2O3.C2H2O4/c1-9(8-16-2)12-7-10-4-3-5-11(6-10)13(14)15;3-1(4)2(5)6/h3-6,9,12H,7-8H2,1-2H3;(H,3,4)(H,5,6). The van der Waals surface area contributed by atoms with Gasteiger partial charge in [0.2, 0.25) is 0 Å². The predicted octanol–water partition coefficient (Wildman–Crippen LogP) is 0.875. The first-order valence-corrected chi connectivity index (χ1v) is 6.19. The number of benzene rings is 1. The number of nitrogens with zero attached hydrogens (tertiary/aromatic N) is 1. The maximum absolute atomic E-state index is 10.6. The molecule has 1 aromatic carbocycles. The van der Waals surface area contributed by atoms with E-state index in [0.717, 1.165) is 5.56 Å². The Kier molecular flexibility index (Phi) is 9.07. The number of hydrogen-bond acceptors (Lipinski definition) is 6. The summed E-state index contributed by atoms with van der Waals surface area (Å²) in [4.78, 5) is 28.4. The van der Waals surface area contributed by atoms with Crippen molar-refractivity contribution in [3.05, 3.63) is 39.9 Å².